The molecule has 3 aromatic rings. The van der Waals surface area contributed by atoms with E-state index in [0.29, 0.717) is 16.3 Å². The predicted octanol–water partition coefficient (Wildman–Crippen LogP) is 4.41. The second-order valence-electron chi connectivity index (χ2n) is 6.41. The molecule has 0 unspecified atom stereocenters. The molecule has 1 aliphatic rings. The van der Waals surface area contributed by atoms with Crippen molar-refractivity contribution in [2.24, 2.45) is 0 Å². The smallest absolute Gasteiger partial charge is 0.335 e. The number of imide groups is 1. The first kappa shape index (κ1) is 18.8. The zero-order valence-corrected chi connectivity index (χ0v) is 16.0. The summed E-state index contributed by atoms with van der Waals surface area (Å²) in [5.74, 6) is -1.35. The lowest BCUT2D eigenvalue weighted by atomic mass is 10.2. The Morgan fingerprint density at radius 2 is 1.79 bits per heavy atom. The zero-order valence-electron chi connectivity index (χ0n) is 15.2. The third-order valence-corrected chi connectivity index (χ3v) is 5.40. The molecule has 1 N–H and O–H groups in total. The van der Waals surface area contributed by atoms with Crippen molar-refractivity contribution in [1.29, 1.82) is 0 Å². The maximum atomic E-state index is 12.8. The molecular weight excluding hydrogens is 388 g/mol. The number of aromatic carboxylic acids is 1. The Hall–Kier alpha value is -3.58. The van der Waals surface area contributed by atoms with E-state index < -0.39 is 5.97 Å². The number of carbonyl (C=O) groups is 3. The highest BCUT2D eigenvalue weighted by molar-refractivity contribution is 8.18. The molecule has 0 radical (unpaired) electrons. The lowest BCUT2D eigenvalue weighted by Crippen LogP contribution is -2.27. The van der Waals surface area contributed by atoms with E-state index in [1.807, 2.05) is 30.3 Å². The summed E-state index contributed by atoms with van der Waals surface area (Å²) < 4.78 is 1.78. The number of aromatic nitrogens is 1. The van der Waals surface area contributed by atoms with Crippen LogP contribution in [0.2, 0.25) is 0 Å². The van der Waals surface area contributed by atoms with Crippen LogP contribution < -0.4 is 0 Å². The van der Waals surface area contributed by atoms with Gasteiger partial charge in [0, 0.05) is 17.6 Å². The minimum atomic E-state index is -1.01. The summed E-state index contributed by atoms with van der Waals surface area (Å²) in [7, 11) is 0. The van der Waals surface area contributed by atoms with Gasteiger partial charge < -0.3 is 9.67 Å². The van der Waals surface area contributed by atoms with Gasteiger partial charge in [-0.3, -0.25) is 14.5 Å². The van der Waals surface area contributed by atoms with Crippen LogP contribution in [0.4, 0.5) is 4.79 Å². The van der Waals surface area contributed by atoms with Gasteiger partial charge in [-0.15, -0.1) is 0 Å². The Balaban J connectivity index is 1.62. The van der Waals surface area contributed by atoms with Crippen molar-refractivity contribution in [2.75, 3.05) is 0 Å². The van der Waals surface area contributed by atoms with Gasteiger partial charge in [0.25, 0.3) is 11.1 Å². The Morgan fingerprint density at radius 3 is 2.55 bits per heavy atom. The molecule has 0 spiro atoms. The number of hydrogen-bond donors (Lipinski definition) is 1. The van der Waals surface area contributed by atoms with Crippen molar-refractivity contribution in [3.8, 4) is 5.69 Å². The molecule has 4 rings (SSSR count). The van der Waals surface area contributed by atoms with Crippen molar-refractivity contribution in [3.05, 3.63) is 94.7 Å². The summed E-state index contributed by atoms with van der Waals surface area (Å²) in [6.07, 6.45) is 3.43. The molecule has 6 nitrogen and oxygen atoms in total. The second-order valence-corrected chi connectivity index (χ2v) is 7.41. The Kier molecular flexibility index (Phi) is 5.05. The van der Waals surface area contributed by atoms with E-state index >= 15 is 0 Å². The van der Waals surface area contributed by atoms with Gasteiger partial charge in [-0.2, -0.15) is 0 Å². The summed E-state index contributed by atoms with van der Waals surface area (Å²) >= 11 is 0.902. The fourth-order valence-electron chi connectivity index (χ4n) is 3.07. The standard InChI is InChI=1S/C22H16N2O4S/c25-20-19(29-22(28)24(20)14-15-6-2-1-3-7-15)13-18-10-5-11-23(18)17-9-4-8-16(12-17)21(26)27/h1-13H,14H2,(H,26,27)/b19-13+. The molecule has 0 atom stereocenters. The van der Waals surface area contributed by atoms with Crippen LogP contribution in [0.5, 0.6) is 0 Å². The minimum Gasteiger partial charge on any atom is -0.478 e. The quantitative estimate of drug-likeness (QED) is 0.637. The first-order valence-corrected chi connectivity index (χ1v) is 9.65. The normalized spacial score (nSPS) is 15.3. The molecule has 144 valence electrons. The van der Waals surface area contributed by atoms with Crippen LogP contribution in [-0.4, -0.2) is 31.7 Å². The third kappa shape index (κ3) is 3.86. The molecule has 2 heterocycles. The highest BCUT2D eigenvalue weighted by atomic mass is 32.2. The second kappa shape index (κ2) is 7.81. The Labute approximate surface area is 171 Å². The molecule has 2 aromatic carbocycles. The summed E-state index contributed by atoms with van der Waals surface area (Å²) in [5, 5.41) is 8.90. The number of rotatable bonds is 5. The summed E-state index contributed by atoms with van der Waals surface area (Å²) in [4.78, 5) is 37.9. The van der Waals surface area contributed by atoms with Crippen LogP contribution in [-0.2, 0) is 11.3 Å². The molecule has 0 saturated carbocycles. The molecule has 7 heteroatoms. The van der Waals surface area contributed by atoms with Gasteiger partial charge in [0.1, 0.15) is 0 Å². The highest BCUT2D eigenvalue weighted by Gasteiger charge is 2.35. The van der Waals surface area contributed by atoms with Crippen LogP contribution in [0, 0.1) is 0 Å². The maximum absolute atomic E-state index is 12.8. The van der Waals surface area contributed by atoms with Gasteiger partial charge in [-0.25, -0.2) is 4.79 Å². The number of amides is 2. The van der Waals surface area contributed by atoms with E-state index in [2.05, 4.69) is 0 Å². The molecule has 1 fully saturated rings. The fourth-order valence-corrected chi connectivity index (χ4v) is 3.90. The van der Waals surface area contributed by atoms with E-state index in [-0.39, 0.29) is 23.3 Å². The van der Waals surface area contributed by atoms with Gasteiger partial charge in [0.2, 0.25) is 0 Å². The number of carboxylic acid groups (broad SMARTS) is 1. The van der Waals surface area contributed by atoms with Crippen LogP contribution in [0.25, 0.3) is 11.8 Å². The van der Waals surface area contributed by atoms with Crippen LogP contribution in [0.3, 0.4) is 0 Å². The maximum Gasteiger partial charge on any atom is 0.335 e. The average molecular weight is 404 g/mol. The Morgan fingerprint density at radius 1 is 1.00 bits per heavy atom. The molecule has 1 aliphatic heterocycles. The summed E-state index contributed by atoms with van der Waals surface area (Å²) in [6, 6.07) is 19.5. The first-order chi connectivity index (χ1) is 14.0. The van der Waals surface area contributed by atoms with E-state index in [4.69, 9.17) is 0 Å². The van der Waals surface area contributed by atoms with E-state index in [9.17, 15) is 19.5 Å². The molecule has 1 saturated heterocycles. The monoisotopic (exact) mass is 404 g/mol. The molecule has 0 bridgehead atoms. The van der Waals surface area contributed by atoms with E-state index in [1.165, 1.54) is 11.0 Å². The SMILES string of the molecule is O=C(O)c1cccc(-n2cccc2/C=C2/SC(=O)N(Cc3ccccc3)C2=O)c1. The average Bonchev–Trinajstić information content (AvgIpc) is 3.29. The van der Waals surface area contributed by atoms with Gasteiger partial charge in [-0.1, -0.05) is 36.4 Å². The molecule has 1 aromatic heterocycles. The van der Waals surface area contributed by atoms with Gasteiger partial charge in [0.05, 0.1) is 17.0 Å². The first-order valence-electron chi connectivity index (χ1n) is 8.83. The number of carboxylic acids is 1. The number of thioether (sulfide) groups is 1. The van der Waals surface area contributed by atoms with Crippen molar-refractivity contribution >= 4 is 35.0 Å². The number of hydrogen-bond acceptors (Lipinski definition) is 4. The lowest BCUT2D eigenvalue weighted by Gasteiger charge is -2.12. The van der Waals surface area contributed by atoms with Crippen LogP contribution >= 0.6 is 11.8 Å². The van der Waals surface area contributed by atoms with Crippen LogP contribution in [0.15, 0.2) is 77.8 Å². The number of benzene rings is 2. The molecular formula is C22H16N2O4S. The van der Waals surface area contributed by atoms with E-state index in [1.54, 1.807) is 47.2 Å². The van der Waals surface area contributed by atoms with Crippen molar-refractivity contribution < 1.29 is 19.5 Å². The predicted molar refractivity (Wildman–Crippen MR) is 111 cm³/mol. The summed E-state index contributed by atoms with van der Waals surface area (Å²) in [5.41, 5.74) is 2.39. The molecule has 0 aliphatic carbocycles. The van der Waals surface area contributed by atoms with Gasteiger partial charge in [0.15, 0.2) is 0 Å². The van der Waals surface area contributed by atoms with Crippen LogP contribution in [0.1, 0.15) is 21.6 Å². The summed E-state index contributed by atoms with van der Waals surface area (Å²) in [6.45, 7) is 0.227. The third-order valence-electron chi connectivity index (χ3n) is 4.49. The number of nitrogens with zero attached hydrogens (tertiary/aromatic N) is 2. The van der Waals surface area contributed by atoms with Gasteiger partial charge >= 0.3 is 5.97 Å². The zero-order chi connectivity index (χ0) is 20.4. The molecule has 2 amide bonds. The fraction of sp³-hybridized carbons (Fsp3) is 0.0455. The molecule has 29 heavy (non-hydrogen) atoms. The number of carbonyl (C=O) groups excluding carboxylic acids is 2. The minimum absolute atomic E-state index is 0.172. The van der Waals surface area contributed by atoms with Crippen molar-refractivity contribution in [3.63, 3.8) is 0 Å². The topological polar surface area (TPSA) is 79.6 Å². The van der Waals surface area contributed by atoms with E-state index in [0.717, 1.165) is 17.3 Å². The van der Waals surface area contributed by atoms with Gasteiger partial charge in [-0.05, 0) is 53.7 Å². The highest BCUT2D eigenvalue weighted by Crippen LogP contribution is 2.33. The Bertz CT molecular complexity index is 1130. The largest absolute Gasteiger partial charge is 0.478 e. The van der Waals surface area contributed by atoms with Crippen molar-refractivity contribution in [1.82, 2.24) is 9.47 Å². The van der Waals surface area contributed by atoms with Crippen molar-refractivity contribution in [2.45, 2.75) is 6.54 Å². The lowest BCUT2D eigenvalue weighted by molar-refractivity contribution is -0.123.